The van der Waals surface area contributed by atoms with Crippen molar-refractivity contribution in [1.82, 2.24) is 10.1 Å². The second kappa shape index (κ2) is 7.60. The van der Waals surface area contributed by atoms with Gasteiger partial charge in [-0.2, -0.15) is 0 Å². The van der Waals surface area contributed by atoms with Crippen LogP contribution in [0.25, 0.3) is 0 Å². The number of carbonyl (C=O) groups is 1. The first-order valence-electron chi connectivity index (χ1n) is 9.05. The predicted octanol–water partition coefficient (Wildman–Crippen LogP) is 2.87. The molecule has 27 heavy (non-hydrogen) atoms. The topological polar surface area (TPSA) is 85.0 Å². The number of rotatable bonds is 5. The number of aryl methyl sites for hydroxylation is 2. The molecule has 2 heterocycles. The zero-order valence-electron chi connectivity index (χ0n) is 16.2. The van der Waals surface area contributed by atoms with Gasteiger partial charge in [0.15, 0.2) is 11.5 Å². The zero-order chi connectivity index (χ0) is 19.6. The molecular formula is C20H26N2O5. The van der Waals surface area contributed by atoms with Gasteiger partial charge in [-0.1, -0.05) is 5.16 Å². The summed E-state index contributed by atoms with van der Waals surface area (Å²) < 4.78 is 16.4. The van der Waals surface area contributed by atoms with Crippen molar-refractivity contribution < 1.29 is 23.9 Å². The number of likely N-dealkylation sites (tertiary alicyclic amines) is 1. The fraction of sp³-hybridized carbons (Fsp3) is 0.500. The number of amides is 1. The number of carbonyl (C=O) groups excluding carboxylic acids is 1. The summed E-state index contributed by atoms with van der Waals surface area (Å²) in [5.74, 6) is 1.62. The smallest absolute Gasteiger partial charge is 0.254 e. The molecule has 1 aromatic heterocycles. The van der Waals surface area contributed by atoms with E-state index in [4.69, 9.17) is 14.0 Å². The van der Waals surface area contributed by atoms with Crippen LogP contribution in [0.15, 0.2) is 22.7 Å². The third kappa shape index (κ3) is 4.24. The van der Waals surface area contributed by atoms with E-state index in [-0.39, 0.29) is 5.91 Å². The lowest BCUT2D eigenvalue weighted by Gasteiger charge is -2.36. The van der Waals surface area contributed by atoms with Gasteiger partial charge in [-0.05, 0) is 51.8 Å². The Morgan fingerprint density at radius 1 is 1.37 bits per heavy atom. The summed E-state index contributed by atoms with van der Waals surface area (Å²) in [6, 6.07) is 5.12. The van der Waals surface area contributed by atoms with Crippen LogP contribution < -0.4 is 9.47 Å². The number of methoxy groups -OCH3 is 1. The number of nitrogens with zero attached hydrogens (tertiary/aromatic N) is 2. The number of piperidine rings is 1. The van der Waals surface area contributed by atoms with Crippen LogP contribution in [0.2, 0.25) is 0 Å². The van der Waals surface area contributed by atoms with E-state index in [0.717, 1.165) is 23.4 Å². The van der Waals surface area contributed by atoms with E-state index < -0.39 is 5.60 Å². The molecule has 1 saturated heterocycles. The summed E-state index contributed by atoms with van der Waals surface area (Å²) >= 11 is 0. The molecule has 0 spiro atoms. The van der Waals surface area contributed by atoms with Crippen LogP contribution in [0.5, 0.6) is 11.5 Å². The van der Waals surface area contributed by atoms with Gasteiger partial charge in [0.25, 0.3) is 5.91 Å². The molecular weight excluding hydrogens is 348 g/mol. The van der Waals surface area contributed by atoms with Crippen LogP contribution in [-0.2, 0) is 6.61 Å². The standard InChI is InChI=1S/C20H26N2O5/c1-13-16(14(2)27-21-13)11-26-17-7-6-15(10-18(17)25-4)19(23)22-9-5-8-20(3,24)12-22/h6-7,10,24H,5,8-9,11-12H2,1-4H3/t20-/m0/s1. The number of aromatic nitrogens is 1. The molecule has 0 aliphatic carbocycles. The maximum Gasteiger partial charge on any atom is 0.254 e. The Balaban J connectivity index is 1.75. The molecule has 0 saturated carbocycles. The van der Waals surface area contributed by atoms with Crippen molar-refractivity contribution in [2.24, 2.45) is 0 Å². The van der Waals surface area contributed by atoms with E-state index in [1.807, 2.05) is 13.8 Å². The van der Waals surface area contributed by atoms with E-state index in [9.17, 15) is 9.90 Å². The summed E-state index contributed by atoms with van der Waals surface area (Å²) in [6.07, 6.45) is 1.49. The first kappa shape index (κ1) is 19.2. The lowest BCUT2D eigenvalue weighted by molar-refractivity contribution is -0.0107. The second-order valence-corrected chi connectivity index (χ2v) is 7.28. The number of β-amino-alcohol motifs (C(OH)–C–C–N with tert-alkyl or cyclic N) is 1. The van der Waals surface area contributed by atoms with Crippen LogP contribution in [0.4, 0.5) is 0 Å². The van der Waals surface area contributed by atoms with Crippen LogP contribution in [0, 0.1) is 13.8 Å². The minimum atomic E-state index is -0.838. The molecule has 1 N–H and O–H groups in total. The van der Waals surface area contributed by atoms with Crippen molar-refractivity contribution in [3.8, 4) is 11.5 Å². The van der Waals surface area contributed by atoms with Crippen molar-refractivity contribution >= 4 is 5.91 Å². The molecule has 0 bridgehead atoms. The van der Waals surface area contributed by atoms with Crippen LogP contribution in [-0.4, -0.2) is 46.9 Å². The van der Waals surface area contributed by atoms with Crippen molar-refractivity contribution in [2.45, 2.75) is 45.8 Å². The Morgan fingerprint density at radius 2 is 2.15 bits per heavy atom. The minimum absolute atomic E-state index is 0.120. The molecule has 7 nitrogen and oxygen atoms in total. The van der Waals surface area contributed by atoms with Gasteiger partial charge in [-0.25, -0.2) is 0 Å². The highest BCUT2D eigenvalue weighted by atomic mass is 16.5. The van der Waals surface area contributed by atoms with Gasteiger partial charge in [0.1, 0.15) is 12.4 Å². The molecule has 7 heteroatoms. The largest absolute Gasteiger partial charge is 0.493 e. The molecule has 0 radical (unpaired) electrons. The summed E-state index contributed by atoms with van der Waals surface area (Å²) in [4.78, 5) is 14.5. The molecule has 0 unspecified atom stereocenters. The van der Waals surface area contributed by atoms with Gasteiger partial charge in [0, 0.05) is 18.7 Å². The minimum Gasteiger partial charge on any atom is -0.493 e. The summed E-state index contributed by atoms with van der Waals surface area (Å²) in [6.45, 7) is 6.74. The number of hydrogen-bond donors (Lipinski definition) is 1. The Morgan fingerprint density at radius 3 is 2.78 bits per heavy atom. The first-order valence-corrected chi connectivity index (χ1v) is 9.05. The fourth-order valence-electron chi connectivity index (χ4n) is 3.35. The van der Waals surface area contributed by atoms with Crippen molar-refractivity contribution in [1.29, 1.82) is 0 Å². The maximum absolute atomic E-state index is 12.8. The summed E-state index contributed by atoms with van der Waals surface area (Å²) in [5, 5.41) is 14.2. The van der Waals surface area contributed by atoms with E-state index in [1.54, 1.807) is 30.0 Å². The molecule has 1 aliphatic heterocycles. The predicted molar refractivity (Wildman–Crippen MR) is 99.1 cm³/mol. The Bertz CT molecular complexity index is 808. The van der Waals surface area contributed by atoms with E-state index >= 15 is 0 Å². The molecule has 2 aromatic rings. The second-order valence-electron chi connectivity index (χ2n) is 7.28. The van der Waals surface area contributed by atoms with E-state index in [0.29, 0.717) is 43.2 Å². The highest BCUT2D eigenvalue weighted by Gasteiger charge is 2.31. The number of benzene rings is 1. The average molecular weight is 374 g/mol. The van der Waals surface area contributed by atoms with E-state index in [2.05, 4.69) is 5.16 Å². The lowest BCUT2D eigenvalue weighted by Crippen LogP contribution is -2.48. The third-order valence-corrected chi connectivity index (χ3v) is 4.93. The lowest BCUT2D eigenvalue weighted by atomic mass is 9.94. The number of ether oxygens (including phenoxy) is 2. The molecule has 1 aliphatic rings. The zero-order valence-corrected chi connectivity index (χ0v) is 16.2. The molecule has 1 aromatic carbocycles. The Hall–Kier alpha value is -2.54. The Labute approximate surface area is 158 Å². The summed E-state index contributed by atoms with van der Waals surface area (Å²) in [7, 11) is 1.54. The van der Waals surface area contributed by atoms with Gasteiger partial charge in [0.05, 0.1) is 24.0 Å². The Kier molecular flexibility index (Phi) is 5.41. The molecule has 1 fully saturated rings. The number of hydrogen-bond acceptors (Lipinski definition) is 6. The molecule has 1 atom stereocenters. The third-order valence-electron chi connectivity index (χ3n) is 4.93. The summed E-state index contributed by atoms with van der Waals surface area (Å²) in [5.41, 5.74) is 1.35. The molecule has 146 valence electrons. The van der Waals surface area contributed by atoms with Gasteiger partial charge < -0.3 is 24.0 Å². The van der Waals surface area contributed by atoms with Crippen LogP contribution in [0.1, 0.15) is 47.1 Å². The van der Waals surface area contributed by atoms with E-state index in [1.165, 1.54) is 7.11 Å². The normalized spacial score (nSPS) is 19.8. The van der Waals surface area contributed by atoms with Crippen LogP contribution >= 0.6 is 0 Å². The highest BCUT2D eigenvalue weighted by molar-refractivity contribution is 5.95. The van der Waals surface area contributed by atoms with Crippen molar-refractivity contribution in [2.75, 3.05) is 20.2 Å². The SMILES string of the molecule is COc1cc(C(=O)N2CCC[C@](C)(O)C2)ccc1OCc1c(C)noc1C. The maximum atomic E-state index is 12.8. The average Bonchev–Trinajstić information content (AvgIpc) is 2.96. The van der Waals surface area contributed by atoms with Gasteiger partial charge >= 0.3 is 0 Å². The molecule has 3 rings (SSSR count). The first-order chi connectivity index (χ1) is 12.8. The van der Waals surface area contributed by atoms with Gasteiger partial charge in [-0.3, -0.25) is 4.79 Å². The van der Waals surface area contributed by atoms with Gasteiger partial charge in [-0.15, -0.1) is 0 Å². The molecule has 1 amide bonds. The quantitative estimate of drug-likeness (QED) is 0.866. The van der Waals surface area contributed by atoms with Crippen LogP contribution in [0.3, 0.4) is 0 Å². The van der Waals surface area contributed by atoms with Gasteiger partial charge in [0.2, 0.25) is 0 Å². The fourth-order valence-corrected chi connectivity index (χ4v) is 3.35. The van der Waals surface area contributed by atoms with Crippen molar-refractivity contribution in [3.63, 3.8) is 0 Å². The highest BCUT2D eigenvalue weighted by Crippen LogP contribution is 2.31. The number of aliphatic hydroxyl groups is 1. The van der Waals surface area contributed by atoms with Crippen molar-refractivity contribution in [3.05, 3.63) is 40.8 Å². The monoisotopic (exact) mass is 374 g/mol.